The van der Waals surface area contributed by atoms with Gasteiger partial charge in [0.05, 0.1) is 28.6 Å². The van der Waals surface area contributed by atoms with E-state index < -0.39 is 0 Å². The Morgan fingerprint density at radius 3 is 3.12 bits per heavy atom. The van der Waals surface area contributed by atoms with E-state index in [4.69, 9.17) is 4.74 Å². The smallest absolute Gasteiger partial charge is 0.200 e. The van der Waals surface area contributed by atoms with Gasteiger partial charge in [-0.1, -0.05) is 0 Å². The Balaban J connectivity index is 1.66. The van der Waals surface area contributed by atoms with Gasteiger partial charge in [0.25, 0.3) is 0 Å². The highest BCUT2D eigenvalue weighted by molar-refractivity contribution is 8.04. The van der Waals surface area contributed by atoms with Crippen LogP contribution < -0.4 is 5.32 Å². The lowest BCUT2D eigenvalue weighted by atomic mass is 9.57. The molecule has 2 saturated heterocycles. The molecular formula is C19H17N3O3S. The molecule has 7 rings (SSSR count). The highest BCUT2D eigenvalue weighted by Crippen LogP contribution is 2.67. The fourth-order valence-corrected chi connectivity index (χ4v) is 7.86. The minimum absolute atomic E-state index is 0.128. The van der Waals surface area contributed by atoms with E-state index in [1.165, 1.54) is 5.56 Å². The number of hydrogen-bond donors (Lipinski definition) is 2. The number of hydrogen-bond acceptors (Lipinski definition) is 6. The number of methoxy groups -OCH3 is 1. The second-order valence-corrected chi connectivity index (χ2v) is 9.27. The first-order chi connectivity index (χ1) is 12.6. The highest BCUT2D eigenvalue weighted by atomic mass is 32.2. The predicted molar refractivity (Wildman–Crippen MR) is 95.5 cm³/mol. The van der Waals surface area contributed by atoms with Crippen LogP contribution in [0.1, 0.15) is 28.0 Å². The summed E-state index contributed by atoms with van der Waals surface area (Å²) in [5, 5.41) is 3.71. The van der Waals surface area contributed by atoms with Crippen molar-refractivity contribution in [1.82, 2.24) is 15.2 Å². The largest absolute Gasteiger partial charge is 0.378 e. The molecular weight excluding hydrogens is 350 g/mol. The summed E-state index contributed by atoms with van der Waals surface area (Å²) in [5.41, 5.74) is 4.88. The maximum Gasteiger partial charge on any atom is 0.200 e. The van der Waals surface area contributed by atoms with Gasteiger partial charge in [-0.15, -0.1) is 11.8 Å². The van der Waals surface area contributed by atoms with Gasteiger partial charge < -0.3 is 14.6 Å². The molecule has 0 amide bonds. The van der Waals surface area contributed by atoms with Crippen LogP contribution in [0.15, 0.2) is 22.8 Å². The summed E-state index contributed by atoms with van der Waals surface area (Å²) in [7, 11) is 1.71. The van der Waals surface area contributed by atoms with E-state index in [1.54, 1.807) is 18.9 Å². The number of carbonyl (C=O) groups is 2. The van der Waals surface area contributed by atoms with Crippen molar-refractivity contribution in [3.05, 3.63) is 39.6 Å². The van der Waals surface area contributed by atoms with Crippen molar-refractivity contribution in [3.8, 4) is 0 Å². The first-order valence-corrected chi connectivity index (χ1v) is 10.0. The minimum atomic E-state index is -0.330. The number of rotatable bonds is 1. The average molecular weight is 367 g/mol. The number of piperidine rings is 1. The Morgan fingerprint density at radius 1 is 1.38 bits per heavy atom. The molecule has 0 radical (unpaired) electrons. The maximum absolute atomic E-state index is 13.3. The molecule has 2 aliphatic carbocycles. The third-order valence-electron chi connectivity index (χ3n) is 7.14. The molecule has 5 atom stereocenters. The van der Waals surface area contributed by atoms with Crippen LogP contribution in [0.5, 0.6) is 0 Å². The molecule has 1 aromatic heterocycles. The van der Waals surface area contributed by atoms with Crippen molar-refractivity contribution >= 4 is 29.0 Å². The van der Waals surface area contributed by atoms with Crippen molar-refractivity contribution in [2.75, 3.05) is 13.7 Å². The molecule has 5 heterocycles. The zero-order valence-corrected chi connectivity index (χ0v) is 15.0. The molecule has 4 aliphatic heterocycles. The van der Waals surface area contributed by atoms with E-state index in [0.717, 1.165) is 41.1 Å². The Bertz CT molecular complexity index is 1010. The fourth-order valence-electron chi connectivity index (χ4n) is 6.30. The van der Waals surface area contributed by atoms with Crippen LogP contribution in [0.4, 0.5) is 0 Å². The number of carbonyl (C=O) groups excluding carboxylic acids is 2. The molecule has 26 heavy (non-hydrogen) atoms. The Kier molecular flexibility index (Phi) is 2.29. The molecule has 0 saturated carbocycles. The maximum atomic E-state index is 13.3. The number of ether oxygens (including phenoxy) is 1. The lowest BCUT2D eigenvalue weighted by Gasteiger charge is -2.58. The quantitative estimate of drug-likeness (QED) is 0.773. The minimum Gasteiger partial charge on any atom is -0.378 e. The van der Waals surface area contributed by atoms with Crippen LogP contribution in [0, 0.1) is 5.41 Å². The number of ketones is 2. The van der Waals surface area contributed by atoms with Crippen LogP contribution >= 0.6 is 11.8 Å². The van der Waals surface area contributed by atoms with Gasteiger partial charge >= 0.3 is 0 Å². The number of fused-ring (bicyclic) bond motifs is 3. The zero-order valence-electron chi connectivity index (χ0n) is 14.2. The molecule has 1 spiro atoms. The number of nitrogens with zero attached hydrogens (tertiary/aromatic N) is 1. The SMILES string of the molecule is COC1[C@H]2C(=O)C=C3S[C@H]4C[C@]31C1=C3c5c(c[nH]c5C(=O)C1N4)CCN32. The van der Waals surface area contributed by atoms with Crippen molar-refractivity contribution in [2.24, 2.45) is 5.41 Å². The average Bonchev–Trinajstić information content (AvgIpc) is 3.18. The first-order valence-electron chi connectivity index (χ1n) is 9.13. The van der Waals surface area contributed by atoms with Gasteiger partial charge in [-0.3, -0.25) is 14.9 Å². The number of aromatic amines is 1. The molecule has 0 aromatic carbocycles. The van der Waals surface area contributed by atoms with E-state index in [9.17, 15) is 9.59 Å². The summed E-state index contributed by atoms with van der Waals surface area (Å²) < 4.78 is 6.01. The van der Waals surface area contributed by atoms with E-state index in [-0.39, 0.29) is 40.5 Å². The summed E-state index contributed by atoms with van der Waals surface area (Å²) in [6.45, 7) is 0.788. The predicted octanol–water partition coefficient (Wildman–Crippen LogP) is 1.07. The lowest BCUT2D eigenvalue weighted by Crippen LogP contribution is -2.68. The number of H-pyrrole nitrogens is 1. The van der Waals surface area contributed by atoms with Gasteiger partial charge in [0.1, 0.15) is 6.04 Å². The van der Waals surface area contributed by atoms with Gasteiger partial charge in [-0.2, -0.15) is 0 Å². The summed E-state index contributed by atoms with van der Waals surface area (Å²) in [6.07, 6.45) is 5.33. The van der Waals surface area contributed by atoms with Crippen molar-refractivity contribution in [2.45, 2.75) is 36.4 Å². The topological polar surface area (TPSA) is 74.4 Å². The van der Waals surface area contributed by atoms with Crippen LogP contribution in [-0.2, 0) is 16.0 Å². The normalized spacial score (nSPS) is 41.0. The van der Waals surface area contributed by atoms with Crippen LogP contribution in [0.3, 0.4) is 0 Å². The zero-order chi connectivity index (χ0) is 17.4. The molecule has 2 N–H and O–H groups in total. The summed E-state index contributed by atoms with van der Waals surface area (Å²) >= 11 is 1.71. The monoisotopic (exact) mass is 367 g/mol. The number of aromatic nitrogens is 1. The summed E-state index contributed by atoms with van der Waals surface area (Å²) in [4.78, 5) is 33.0. The lowest BCUT2D eigenvalue weighted by molar-refractivity contribution is -0.130. The van der Waals surface area contributed by atoms with Gasteiger partial charge in [-0.25, -0.2) is 0 Å². The summed E-state index contributed by atoms with van der Waals surface area (Å²) in [6, 6.07) is -0.613. The van der Waals surface area contributed by atoms with E-state index in [2.05, 4.69) is 15.2 Å². The molecule has 132 valence electrons. The third-order valence-corrected chi connectivity index (χ3v) is 8.46. The van der Waals surface area contributed by atoms with E-state index >= 15 is 0 Å². The van der Waals surface area contributed by atoms with Crippen LogP contribution in [0.25, 0.3) is 5.70 Å². The second kappa shape index (κ2) is 4.18. The molecule has 6 aliphatic rings. The molecule has 6 nitrogen and oxygen atoms in total. The van der Waals surface area contributed by atoms with Gasteiger partial charge in [0, 0.05) is 36.0 Å². The molecule has 7 heteroatoms. The van der Waals surface area contributed by atoms with Crippen molar-refractivity contribution < 1.29 is 14.3 Å². The Morgan fingerprint density at radius 2 is 2.27 bits per heavy atom. The first kappa shape index (κ1) is 14.3. The number of thioether (sulfide) groups is 1. The molecule has 2 fully saturated rings. The van der Waals surface area contributed by atoms with Gasteiger partial charge in [-0.05, 0) is 30.1 Å². The standard InChI is InChI=1S/C19H17N3O3S/c1-25-18-15-8(23)4-9-19(18)5-10(26-9)21-14-12(19)16-11-7(2-3-22(15)16)6-20-13(11)17(14)24/h4,6,10,14-15,18,20-21H,2-3,5H2,1H3/t10-,14?,15+,18?,19+/m0/s1. The number of nitrogens with one attached hydrogen (secondary N) is 2. The van der Waals surface area contributed by atoms with Crippen molar-refractivity contribution in [1.29, 1.82) is 0 Å². The molecule has 2 unspecified atom stereocenters. The third kappa shape index (κ3) is 1.25. The van der Waals surface area contributed by atoms with Gasteiger partial charge in [0.2, 0.25) is 5.78 Å². The van der Waals surface area contributed by atoms with Gasteiger partial charge in [0.15, 0.2) is 5.78 Å². The van der Waals surface area contributed by atoms with Crippen LogP contribution in [0.2, 0.25) is 0 Å². The van der Waals surface area contributed by atoms with Crippen LogP contribution in [-0.4, -0.2) is 58.7 Å². The Labute approximate surface area is 154 Å². The molecule has 3 bridgehead atoms. The molecule has 1 aromatic rings. The van der Waals surface area contributed by atoms with E-state index in [0.29, 0.717) is 5.69 Å². The Hall–Kier alpha value is -1.83. The second-order valence-electron chi connectivity index (χ2n) is 8.03. The summed E-state index contributed by atoms with van der Waals surface area (Å²) in [5.74, 6) is 0.265. The number of Topliss-reactive ketones (excluding diaryl/α,β-unsaturated/α-hetero) is 1. The van der Waals surface area contributed by atoms with Crippen molar-refractivity contribution in [3.63, 3.8) is 0 Å². The highest BCUT2D eigenvalue weighted by Gasteiger charge is 2.68. The fraction of sp³-hybridized carbons (Fsp3) is 0.474. The van der Waals surface area contributed by atoms with E-state index in [1.807, 2.05) is 12.3 Å².